The minimum absolute atomic E-state index is 0.265. The summed E-state index contributed by atoms with van der Waals surface area (Å²) >= 11 is 5.95. The third-order valence-corrected chi connectivity index (χ3v) is 4.74. The minimum Gasteiger partial charge on any atom is -0.340 e. The van der Waals surface area contributed by atoms with Gasteiger partial charge in [-0.25, -0.2) is 14.4 Å². The van der Waals surface area contributed by atoms with E-state index in [1.165, 1.54) is 18.5 Å². The summed E-state index contributed by atoms with van der Waals surface area (Å²) in [6, 6.07) is 13.8. The van der Waals surface area contributed by atoms with Gasteiger partial charge in [-0.2, -0.15) is 0 Å². The van der Waals surface area contributed by atoms with Crippen LogP contribution in [0.1, 0.15) is 11.3 Å². The van der Waals surface area contributed by atoms with Gasteiger partial charge < -0.3 is 5.32 Å². The molecule has 2 heterocycles. The molecule has 0 unspecified atom stereocenters. The number of anilines is 2. The second kappa shape index (κ2) is 6.42. The first-order valence-corrected chi connectivity index (χ1v) is 8.53. The van der Waals surface area contributed by atoms with E-state index in [1.54, 1.807) is 12.1 Å². The quantitative estimate of drug-likeness (QED) is 0.515. The summed E-state index contributed by atoms with van der Waals surface area (Å²) in [6.07, 6.45) is 1.53. The first-order valence-electron chi connectivity index (χ1n) is 8.16. The summed E-state index contributed by atoms with van der Waals surface area (Å²) in [5, 5.41) is 4.95. The van der Waals surface area contributed by atoms with Crippen LogP contribution in [-0.2, 0) is 0 Å². The summed E-state index contributed by atoms with van der Waals surface area (Å²) in [6.45, 7) is 4.06. The second-order valence-electron chi connectivity index (χ2n) is 6.08. The highest BCUT2D eigenvalue weighted by atomic mass is 35.5. The summed E-state index contributed by atoms with van der Waals surface area (Å²) in [5.74, 6) is 0.457. The molecule has 4 aromatic rings. The summed E-state index contributed by atoms with van der Waals surface area (Å²) in [5.41, 5.74) is 4.63. The molecule has 0 aliphatic rings. The number of nitrogens with zero attached hydrogens (tertiary/aromatic N) is 3. The molecule has 1 N–H and O–H groups in total. The molecule has 6 heteroatoms. The van der Waals surface area contributed by atoms with Crippen LogP contribution in [0.5, 0.6) is 0 Å². The van der Waals surface area contributed by atoms with Gasteiger partial charge in [-0.05, 0) is 67.9 Å². The van der Waals surface area contributed by atoms with E-state index in [9.17, 15) is 4.39 Å². The summed E-state index contributed by atoms with van der Waals surface area (Å²) in [4.78, 5) is 8.89. The Bertz CT molecular complexity index is 1090. The molecule has 0 atom stereocenters. The van der Waals surface area contributed by atoms with Crippen LogP contribution in [0.4, 0.5) is 15.9 Å². The lowest BCUT2D eigenvalue weighted by Crippen LogP contribution is -1.99. The normalized spacial score (nSPS) is 11.1. The zero-order chi connectivity index (χ0) is 18.3. The molecule has 0 saturated carbocycles. The maximum atomic E-state index is 13.3. The van der Waals surface area contributed by atoms with Crippen LogP contribution in [0.3, 0.4) is 0 Å². The van der Waals surface area contributed by atoms with Crippen molar-refractivity contribution in [2.24, 2.45) is 0 Å². The zero-order valence-electron chi connectivity index (χ0n) is 14.3. The zero-order valence-corrected chi connectivity index (χ0v) is 15.0. The van der Waals surface area contributed by atoms with Gasteiger partial charge in [0.05, 0.1) is 5.39 Å². The van der Waals surface area contributed by atoms with Gasteiger partial charge >= 0.3 is 0 Å². The van der Waals surface area contributed by atoms with Gasteiger partial charge in [0, 0.05) is 22.1 Å². The maximum Gasteiger partial charge on any atom is 0.150 e. The average molecular weight is 367 g/mol. The molecule has 130 valence electrons. The molecule has 4 rings (SSSR count). The fourth-order valence-corrected chi connectivity index (χ4v) is 3.20. The molecular weight excluding hydrogens is 351 g/mol. The Morgan fingerprint density at radius 1 is 0.962 bits per heavy atom. The first kappa shape index (κ1) is 16.5. The van der Waals surface area contributed by atoms with Crippen molar-refractivity contribution in [3.63, 3.8) is 0 Å². The number of benzene rings is 2. The Morgan fingerprint density at radius 2 is 1.65 bits per heavy atom. The van der Waals surface area contributed by atoms with E-state index < -0.39 is 0 Å². The molecule has 0 saturated heterocycles. The minimum atomic E-state index is -0.265. The molecule has 4 nitrogen and oxygen atoms in total. The van der Waals surface area contributed by atoms with Gasteiger partial charge in [-0.3, -0.25) is 4.57 Å². The van der Waals surface area contributed by atoms with Crippen molar-refractivity contribution < 1.29 is 4.39 Å². The lowest BCUT2D eigenvalue weighted by atomic mass is 10.2. The highest BCUT2D eigenvalue weighted by molar-refractivity contribution is 6.30. The van der Waals surface area contributed by atoms with E-state index in [0.717, 1.165) is 39.5 Å². The Morgan fingerprint density at radius 3 is 2.35 bits per heavy atom. The van der Waals surface area contributed by atoms with Crippen LogP contribution >= 0.6 is 11.6 Å². The largest absolute Gasteiger partial charge is 0.340 e. The average Bonchev–Trinajstić information content (AvgIpc) is 2.90. The van der Waals surface area contributed by atoms with E-state index in [-0.39, 0.29) is 5.82 Å². The molecule has 0 radical (unpaired) electrons. The summed E-state index contributed by atoms with van der Waals surface area (Å²) in [7, 11) is 0. The third kappa shape index (κ3) is 2.80. The Kier molecular flexibility index (Phi) is 4.09. The van der Waals surface area contributed by atoms with Crippen LogP contribution < -0.4 is 5.32 Å². The van der Waals surface area contributed by atoms with Crippen molar-refractivity contribution >= 4 is 34.1 Å². The number of aryl methyl sites for hydroxylation is 1. The third-order valence-electron chi connectivity index (χ3n) is 4.48. The SMILES string of the molecule is Cc1c(C)n(-c2ccc(F)cc2)c2ncnc(Nc3ccc(Cl)cc3)c12. The second-order valence-corrected chi connectivity index (χ2v) is 6.51. The molecule has 0 spiro atoms. The highest BCUT2D eigenvalue weighted by Crippen LogP contribution is 2.32. The van der Waals surface area contributed by atoms with Gasteiger partial charge in [-0.15, -0.1) is 0 Å². The fraction of sp³-hybridized carbons (Fsp3) is 0.100. The molecule has 2 aromatic carbocycles. The monoisotopic (exact) mass is 366 g/mol. The van der Waals surface area contributed by atoms with E-state index in [0.29, 0.717) is 5.02 Å². The van der Waals surface area contributed by atoms with Gasteiger partial charge in [0.25, 0.3) is 0 Å². The number of aromatic nitrogens is 3. The molecule has 2 aromatic heterocycles. The van der Waals surface area contributed by atoms with Crippen molar-refractivity contribution in [2.75, 3.05) is 5.32 Å². The van der Waals surface area contributed by atoms with E-state index in [4.69, 9.17) is 11.6 Å². The highest BCUT2D eigenvalue weighted by Gasteiger charge is 2.17. The summed E-state index contributed by atoms with van der Waals surface area (Å²) < 4.78 is 15.3. The van der Waals surface area contributed by atoms with Crippen molar-refractivity contribution in [2.45, 2.75) is 13.8 Å². The molecule has 0 aliphatic heterocycles. The lowest BCUT2D eigenvalue weighted by Gasteiger charge is -2.09. The van der Waals surface area contributed by atoms with Crippen LogP contribution in [-0.4, -0.2) is 14.5 Å². The number of rotatable bonds is 3. The lowest BCUT2D eigenvalue weighted by molar-refractivity contribution is 0.627. The van der Waals surface area contributed by atoms with Gasteiger partial charge in [0.2, 0.25) is 0 Å². The topological polar surface area (TPSA) is 42.7 Å². The Hall–Kier alpha value is -2.92. The number of nitrogens with one attached hydrogen (secondary N) is 1. The van der Waals surface area contributed by atoms with E-state index in [2.05, 4.69) is 15.3 Å². The first-order chi connectivity index (χ1) is 12.5. The molecule has 0 fully saturated rings. The van der Waals surface area contributed by atoms with Crippen LogP contribution in [0.25, 0.3) is 16.7 Å². The maximum absolute atomic E-state index is 13.3. The van der Waals surface area contributed by atoms with Crippen LogP contribution in [0, 0.1) is 19.7 Å². The fourth-order valence-electron chi connectivity index (χ4n) is 3.07. The van der Waals surface area contributed by atoms with Gasteiger partial charge in [-0.1, -0.05) is 11.6 Å². The molecule has 26 heavy (non-hydrogen) atoms. The van der Waals surface area contributed by atoms with Crippen LogP contribution in [0.2, 0.25) is 5.02 Å². The predicted octanol–water partition coefficient (Wildman–Crippen LogP) is 5.57. The van der Waals surface area contributed by atoms with Crippen molar-refractivity contribution in [3.05, 3.63) is 77.0 Å². The standard InChI is InChI=1S/C20H16ClFN4/c1-12-13(2)26(17-9-5-15(22)6-10-17)20-18(12)19(23-11-24-20)25-16-7-3-14(21)4-8-16/h3-11H,1-2H3,(H,23,24,25). The van der Waals surface area contributed by atoms with E-state index >= 15 is 0 Å². The number of fused-ring (bicyclic) bond motifs is 1. The number of hydrogen-bond acceptors (Lipinski definition) is 3. The number of halogens is 2. The molecular formula is C20H16ClFN4. The molecule has 0 bridgehead atoms. The number of hydrogen-bond donors (Lipinski definition) is 1. The van der Waals surface area contributed by atoms with Crippen molar-refractivity contribution in [3.8, 4) is 5.69 Å². The molecule has 0 amide bonds. The van der Waals surface area contributed by atoms with Gasteiger partial charge in [0.15, 0.2) is 5.65 Å². The van der Waals surface area contributed by atoms with Gasteiger partial charge in [0.1, 0.15) is 18.0 Å². The van der Waals surface area contributed by atoms with Crippen molar-refractivity contribution in [1.82, 2.24) is 14.5 Å². The van der Waals surface area contributed by atoms with Crippen molar-refractivity contribution in [1.29, 1.82) is 0 Å². The molecule has 0 aliphatic carbocycles. The Labute approximate surface area is 155 Å². The van der Waals surface area contributed by atoms with Crippen LogP contribution in [0.15, 0.2) is 54.9 Å². The predicted molar refractivity (Wildman–Crippen MR) is 103 cm³/mol. The Balaban J connectivity index is 1.88. The van der Waals surface area contributed by atoms with E-state index in [1.807, 2.05) is 42.7 Å². The smallest absolute Gasteiger partial charge is 0.150 e.